The second-order valence-corrected chi connectivity index (χ2v) is 4.20. The van der Waals surface area contributed by atoms with Crippen molar-refractivity contribution in [3.05, 3.63) is 36.5 Å². The molecule has 0 bridgehead atoms. The van der Waals surface area contributed by atoms with Gasteiger partial charge >= 0.3 is 0 Å². The predicted molar refractivity (Wildman–Crippen MR) is 68.0 cm³/mol. The first kappa shape index (κ1) is 11.8. The van der Waals surface area contributed by atoms with E-state index in [0.29, 0.717) is 6.04 Å². The van der Waals surface area contributed by atoms with Gasteiger partial charge in [-0.15, -0.1) is 0 Å². The molecule has 1 unspecified atom stereocenters. The van der Waals surface area contributed by atoms with Crippen molar-refractivity contribution in [3.63, 3.8) is 0 Å². The Morgan fingerprint density at radius 3 is 3.12 bits per heavy atom. The minimum absolute atomic E-state index is 0.382. The Kier molecular flexibility index (Phi) is 3.85. The standard InChI is InChI=1S/C13H19N3O/c1-3-16-9-8-14-13(16)15-11(2)6-7-12-5-4-10-17-12/h4-5,8-11H,3,6-7H2,1-2H3,(H,14,15). The molecule has 0 fully saturated rings. The first-order valence-corrected chi connectivity index (χ1v) is 6.09. The number of hydrogen-bond acceptors (Lipinski definition) is 3. The quantitative estimate of drug-likeness (QED) is 0.834. The monoisotopic (exact) mass is 233 g/mol. The van der Waals surface area contributed by atoms with Crippen LogP contribution in [0.25, 0.3) is 0 Å². The van der Waals surface area contributed by atoms with Gasteiger partial charge in [-0.1, -0.05) is 0 Å². The molecule has 1 N–H and O–H groups in total. The number of furan rings is 1. The van der Waals surface area contributed by atoms with E-state index in [1.54, 1.807) is 6.26 Å². The molecule has 2 rings (SSSR count). The van der Waals surface area contributed by atoms with Crippen LogP contribution in [-0.2, 0) is 13.0 Å². The molecular formula is C13H19N3O. The summed E-state index contributed by atoms with van der Waals surface area (Å²) in [6, 6.07) is 4.32. The van der Waals surface area contributed by atoms with Crippen LogP contribution in [0, 0.1) is 0 Å². The molecule has 0 aliphatic heterocycles. The zero-order valence-corrected chi connectivity index (χ0v) is 10.4. The van der Waals surface area contributed by atoms with E-state index >= 15 is 0 Å². The van der Waals surface area contributed by atoms with Gasteiger partial charge in [-0.3, -0.25) is 0 Å². The van der Waals surface area contributed by atoms with Crippen LogP contribution in [0.2, 0.25) is 0 Å². The average Bonchev–Trinajstić information content (AvgIpc) is 2.97. The van der Waals surface area contributed by atoms with Crippen LogP contribution in [0.5, 0.6) is 0 Å². The molecule has 2 aromatic rings. The minimum Gasteiger partial charge on any atom is -0.469 e. The van der Waals surface area contributed by atoms with Gasteiger partial charge in [0.05, 0.1) is 6.26 Å². The Morgan fingerprint density at radius 1 is 1.53 bits per heavy atom. The van der Waals surface area contributed by atoms with Gasteiger partial charge in [0, 0.05) is 31.4 Å². The van der Waals surface area contributed by atoms with Crippen molar-refractivity contribution in [3.8, 4) is 0 Å². The lowest BCUT2D eigenvalue weighted by molar-refractivity contribution is 0.494. The van der Waals surface area contributed by atoms with Crippen LogP contribution in [0.1, 0.15) is 26.0 Å². The Hall–Kier alpha value is -1.71. The molecule has 92 valence electrons. The van der Waals surface area contributed by atoms with Crippen molar-refractivity contribution in [1.29, 1.82) is 0 Å². The van der Waals surface area contributed by atoms with Crippen molar-refractivity contribution in [2.24, 2.45) is 0 Å². The second-order valence-electron chi connectivity index (χ2n) is 4.20. The summed E-state index contributed by atoms with van der Waals surface area (Å²) in [5, 5.41) is 3.41. The van der Waals surface area contributed by atoms with Gasteiger partial charge in [0.1, 0.15) is 5.76 Å². The fourth-order valence-corrected chi connectivity index (χ4v) is 1.81. The Balaban J connectivity index is 1.83. The van der Waals surface area contributed by atoms with Gasteiger partial charge in [0.25, 0.3) is 0 Å². The minimum atomic E-state index is 0.382. The fourth-order valence-electron chi connectivity index (χ4n) is 1.81. The molecule has 2 heterocycles. The summed E-state index contributed by atoms with van der Waals surface area (Å²) in [6.07, 6.45) is 7.52. The highest BCUT2D eigenvalue weighted by molar-refractivity contribution is 5.27. The number of hydrogen-bond donors (Lipinski definition) is 1. The van der Waals surface area contributed by atoms with Gasteiger partial charge < -0.3 is 14.3 Å². The molecule has 0 saturated heterocycles. The molecule has 0 amide bonds. The Bertz CT molecular complexity index is 433. The van der Waals surface area contributed by atoms with Crippen LogP contribution >= 0.6 is 0 Å². The second kappa shape index (κ2) is 5.57. The molecule has 2 aromatic heterocycles. The molecule has 17 heavy (non-hydrogen) atoms. The van der Waals surface area contributed by atoms with Gasteiger partial charge in [0.15, 0.2) is 0 Å². The van der Waals surface area contributed by atoms with Gasteiger partial charge in [-0.2, -0.15) is 0 Å². The normalized spacial score (nSPS) is 12.6. The van der Waals surface area contributed by atoms with Gasteiger partial charge in [0.2, 0.25) is 5.95 Å². The molecule has 0 radical (unpaired) electrons. The van der Waals surface area contributed by atoms with Gasteiger partial charge in [-0.05, 0) is 32.4 Å². The third-order valence-electron chi connectivity index (χ3n) is 2.84. The molecule has 4 heteroatoms. The molecular weight excluding hydrogens is 214 g/mol. The van der Waals surface area contributed by atoms with E-state index in [9.17, 15) is 0 Å². The van der Waals surface area contributed by atoms with E-state index in [-0.39, 0.29) is 0 Å². The maximum absolute atomic E-state index is 5.32. The number of aryl methyl sites for hydroxylation is 2. The number of nitrogens with zero attached hydrogens (tertiary/aromatic N) is 2. The topological polar surface area (TPSA) is 43.0 Å². The SMILES string of the molecule is CCn1ccnc1NC(C)CCc1ccco1. The maximum atomic E-state index is 5.32. The van der Waals surface area contributed by atoms with E-state index in [2.05, 4.69) is 28.7 Å². The third kappa shape index (κ3) is 3.12. The number of aromatic nitrogens is 2. The van der Waals surface area contributed by atoms with E-state index < -0.39 is 0 Å². The maximum Gasteiger partial charge on any atom is 0.202 e. The van der Waals surface area contributed by atoms with Gasteiger partial charge in [-0.25, -0.2) is 4.98 Å². The van der Waals surface area contributed by atoms with Crippen molar-refractivity contribution in [1.82, 2.24) is 9.55 Å². The predicted octanol–water partition coefficient (Wildman–Crippen LogP) is 2.93. The summed E-state index contributed by atoms with van der Waals surface area (Å²) in [4.78, 5) is 4.30. The molecule has 0 spiro atoms. The number of rotatable bonds is 6. The Morgan fingerprint density at radius 2 is 2.41 bits per heavy atom. The number of imidazole rings is 1. The van der Waals surface area contributed by atoms with E-state index in [1.807, 2.05) is 24.5 Å². The van der Waals surface area contributed by atoms with Crippen molar-refractivity contribution in [2.75, 3.05) is 5.32 Å². The van der Waals surface area contributed by atoms with E-state index in [4.69, 9.17) is 4.42 Å². The summed E-state index contributed by atoms with van der Waals surface area (Å²) in [6.45, 7) is 5.21. The van der Waals surface area contributed by atoms with Crippen molar-refractivity contribution < 1.29 is 4.42 Å². The highest BCUT2D eigenvalue weighted by Gasteiger charge is 2.07. The van der Waals surface area contributed by atoms with Crippen LogP contribution in [0.3, 0.4) is 0 Å². The summed E-state index contributed by atoms with van der Waals surface area (Å²) < 4.78 is 7.42. The number of anilines is 1. The zero-order valence-electron chi connectivity index (χ0n) is 10.4. The van der Waals surface area contributed by atoms with Crippen molar-refractivity contribution >= 4 is 5.95 Å². The highest BCUT2D eigenvalue weighted by Crippen LogP contribution is 2.10. The fraction of sp³-hybridized carbons (Fsp3) is 0.462. The van der Waals surface area contributed by atoms with Crippen molar-refractivity contribution in [2.45, 2.75) is 39.3 Å². The molecule has 0 aliphatic carbocycles. The van der Waals surface area contributed by atoms with Crippen LogP contribution in [0.4, 0.5) is 5.95 Å². The van der Waals surface area contributed by atoms with Crippen LogP contribution in [-0.4, -0.2) is 15.6 Å². The smallest absolute Gasteiger partial charge is 0.202 e. The average molecular weight is 233 g/mol. The summed E-state index contributed by atoms with van der Waals surface area (Å²) in [7, 11) is 0. The molecule has 0 aliphatic rings. The van der Waals surface area contributed by atoms with E-state index in [1.165, 1.54) is 0 Å². The Labute approximate surface area is 102 Å². The third-order valence-corrected chi connectivity index (χ3v) is 2.84. The first-order valence-electron chi connectivity index (χ1n) is 6.09. The number of nitrogens with one attached hydrogen (secondary N) is 1. The lowest BCUT2D eigenvalue weighted by Gasteiger charge is -2.14. The zero-order chi connectivity index (χ0) is 12.1. The molecule has 0 aromatic carbocycles. The largest absolute Gasteiger partial charge is 0.469 e. The highest BCUT2D eigenvalue weighted by atomic mass is 16.3. The lowest BCUT2D eigenvalue weighted by Crippen LogP contribution is -2.18. The van der Waals surface area contributed by atoms with Crippen LogP contribution in [0.15, 0.2) is 35.2 Å². The molecule has 4 nitrogen and oxygen atoms in total. The van der Waals surface area contributed by atoms with Crippen LogP contribution < -0.4 is 5.32 Å². The summed E-state index contributed by atoms with van der Waals surface area (Å²) in [5.74, 6) is 1.98. The summed E-state index contributed by atoms with van der Waals surface area (Å²) >= 11 is 0. The summed E-state index contributed by atoms with van der Waals surface area (Å²) in [5.41, 5.74) is 0. The first-order chi connectivity index (χ1) is 8.29. The molecule has 0 saturated carbocycles. The molecule has 1 atom stereocenters. The lowest BCUT2D eigenvalue weighted by atomic mass is 10.1. The van der Waals surface area contributed by atoms with E-state index in [0.717, 1.165) is 31.1 Å².